The van der Waals surface area contributed by atoms with Crippen LogP contribution in [0.15, 0.2) is 30.3 Å². The number of rotatable bonds is 9. The van der Waals surface area contributed by atoms with Crippen LogP contribution in [0.2, 0.25) is 0 Å². The van der Waals surface area contributed by atoms with Crippen molar-refractivity contribution in [2.24, 2.45) is 0 Å². The van der Waals surface area contributed by atoms with Crippen molar-refractivity contribution in [2.75, 3.05) is 49.8 Å². The zero-order valence-electron chi connectivity index (χ0n) is 18.2. The lowest BCUT2D eigenvalue weighted by atomic mass is 9.96. The fourth-order valence-corrected chi connectivity index (χ4v) is 2.98. The van der Waals surface area contributed by atoms with Gasteiger partial charge in [0.1, 0.15) is 0 Å². The van der Waals surface area contributed by atoms with Gasteiger partial charge in [-0.2, -0.15) is 0 Å². The molecule has 8 heteroatoms. The van der Waals surface area contributed by atoms with Gasteiger partial charge >= 0.3 is 5.97 Å². The SMILES string of the molecule is COC(=O)C=C(c1cc(OC)c(OC)c(OC)c1)c1cc(OC)c(OC)c(OC)c1. The normalized spacial score (nSPS) is 9.97. The van der Waals surface area contributed by atoms with E-state index in [-0.39, 0.29) is 0 Å². The Morgan fingerprint density at radius 2 is 0.933 bits per heavy atom. The zero-order valence-corrected chi connectivity index (χ0v) is 18.2. The van der Waals surface area contributed by atoms with Crippen molar-refractivity contribution in [2.45, 2.75) is 0 Å². The Bertz CT molecular complexity index is 817. The summed E-state index contributed by atoms with van der Waals surface area (Å²) in [7, 11) is 10.4. The summed E-state index contributed by atoms with van der Waals surface area (Å²) in [5.41, 5.74) is 1.79. The highest BCUT2D eigenvalue weighted by atomic mass is 16.5. The smallest absolute Gasteiger partial charge is 0.331 e. The van der Waals surface area contributed by atoms with Gasteiger partial charge in [-0.1, -0.05) is 0 Å². The third kappa shape index (κ3) is 4.53. The Morgan fingerprint density at radius 1 is 0.600 bits per heavy atom. The van der Waals surface area contributed by atoms with Crippen molar-refractivity contribution >= 4 is 11.5 Å². The molecule has 0 aliphatic rings. The summed E-state index contributed by atoms with van der Waals surface area (Å²) in [6.07, 6.45) is 1.36. The molecule has 0 radical (unpaired) electrons. The van der Waals surface area contributed by atoms with Gasteiger partial charge in [0.25, 0.3) is 0 Å². The van der Waals surface area contributed by atoms with Crippen LogP contribution in [-0.2, 0) is 9.53 Å². The van der Waals surface area contributed by atoms with Crippen LogP contribution in [0.5, 0.6) is 34.5 Å². The van der Waals surface area contributed by atoms with Crippen molar-refractivity contribution < 1.29 is 38.0 Å². The van der Waals surface area contributed by atoms with Crippen molar-refractivity contribution in [3.8, 4) is 34.5 Å². The third-order valence-corrected chi connectivity index (χ3v) is 4.41. The molecule has 0 aromatic heterocycles. The maximum Gasteiger partial charge on any atom is 0.331 e. The maximum absolute atomic E-state index is 12.2. The molecule has 30 heavy (non-hydrogen) atoms. The second-order valence-corrected chi connectivity index (χ2v) is 5.91. The fraction of sp³-hybridized carbons (Fsp3) is 0.318. The summed E-state index contributed by atoms with van der Waals surface area (Å²) < 4.78 is 37.4. The fourth-order valence-electron chi connectivity index (χ4n) is 2.98. The molecular formula is C22H26O8. The molecule has 0 amide bonds. The van der Waals surface area contributed by atoms with E-state index in [1.807, 2.05) is 0 Å². The highest BCUT2D eigenvalue weighted by Crippen LogP contribution is 2.44. The predicted octanol–water partition coefficient (Wildman–Crippen LogP) is 3.34. The third-order valence-electron chi connectivity index (χ3n) is 4.41. The van der Waals surface area contributed by atoms with E-state index < -0.39 is 5.97 Å². The van der Waals surface area contributed by atoms with E-state index in [1.54, 1.807) is 24.3 Å². The van der Waals surface area contributed by atoms with E-state index in [0.717, 1.165) is 0 Å². The number of esters is 1. The van der Waals surface area contributed by atoms with Gasteiger partial charge in [-0.25, -0.2) is 4.79 Å². The molecule has 2 rings (SSSR count). The number of hydrogen-bond donors (Lipinski definition) is 0. The first-order valence-electron chi connectivity index (χ1n) is 8.88. The molecule has 8 nitrogen and oxygen atoms in total. The number of hydrogen-bond acceptors (Lipinski definition) is 8. The molecule has 0 spiro atoms. The molecule has 2 aromatic carbocycles. The quantitative estimate of drug-likeness (QED) is 0.453. The lowest BCUT2D eigenvalue weighted by Gasteiger charge is -2.18. The van der Waals surface area contributed by atoms with Crippen LogP contribution in [0.3, 0.4) is 0 Å². The van der Waals surface area contributed by atoms with Gasteiger partial charge in [0.05, 0.1) is 49.8 Å². The molecule has 2 aromatic rings. The maximum atomic E-state index is 12.2. The predicted molar refractivity (Wildman–Crippen MR) is 111 cm³/mol. The molecule has 0 bridgehead atoms. The van der Waals surface area contributed by atoms with Gasteiger partial charge in [0.2, 0.25) is 11.5 Å². The van der Waals surface area contributed by atoms with Gasteiger partial charge < -0.3 is 33.2 Å². The summed E-state index contributed by atoms with van der Waals surface area (Å²) in [6.45, 7) is 0. The molecule has 0 heterocycles. The van der Waals surface area contributed by atoms with Gasteiger partial charge in [0, 0.05) is 6.08 Å². The first-order valence-corrected chi connectivity index (χ1v) is 8.88. The minimum absolute atomic E-state index is 0.436. The number of methoxy groups -OCH3 is 7. The van der Waals surface area contributed by atoms with Crippen molar-refractivity contribution in [3.63, 3.8) is 0 Å². The average molecular weight is 418 g/mol. The minimum atomic E-state index is -0.535. The van der Waals surface area contributed by atoms with E-state index in [1.165, 1.54) is 55.8 Å². The number of benzene rings is 2. The molecule has 0 N–H and O–H groups in total. The Labute approximate surface area is 175 Å². The number of carbonyl (C=O) groups excluding carboxylic acids is 1. The first kappa shape index (κ1) is 22.7. The second-order valence-electron chi connectivity index (χ2n) is 5.91. The molecular weight excluding hydrogens is 392 g/mol. The topological polar surface area (TPSA) is 81.7 Å². The summed E-state index contributed by atoms with van der Waals surface area (Å²) in [5, 5.41) is 0. The van der Waals surface area contributed by atoms with E-state index in [0.29, 0.717) is 51.2 Å². The summed E-state index contributed by atoms with van der Waals surface area (Å²) in [5.74, 6) is 2.10. The molecule has 162 valence electrons. The van der Waals surface area contributed by atoms with E-state index >= 15 is 0 Å². The Balaban J connectivity index is 2.82. The molecule has 0 saturated carbocycles. The second kappa shape index (κ2) is 10.3. The standard InChI is InChI=1S/C22H26O8/c1-24-16-8-13(9-17(25-2)21(16)29-6)15(12-20(23)28-5)14-10-18(26-3)22(30-7)19(11-14)27-4/h8-12H,1-7H3. The van der Waals surface area contributed by atoms with Crippen LogP contribution in [-0.4, -0.2) is 55.7 Å². The lowest BCUT2D eigenvalue weighted by molar-refractivity contribution is -0.134. The molecule has 0 aliphatic carbocycles. The van der Waals surface area contributed by atoms with Gasteiger partial charge in [-0.15, -0.1) is 0 Å². The van der Waals surface area contributed by atoms with E-state index in [2.05, 4.69) is 0 Å². The molecule has 0 fully saturated rings. The van der Waals surface area contributed by atoms with Gasteiger partial charge in [0.15, 0.2) is 23.0 Å². The van der Waals surface area contributed by atoms with Crippen LogP contribution in [0.25, 0.3) is 5.57 Å². The lowest BCUT2D eigenvalue weighted by Crippen LogP contribution is -2.02. The van der Waals surface area contributed by atoms with Crippen LogP contribution < -0.4 is 28.4 Å². The van der Waals surface area contributed by atoms with Crippen molar-refractivity contribution in [3.05, 3.63) is 41.5 Å². The highest BCUT2D eigenvalue weighted by molar-refractivity contribution is 5.97. The molecule has 0 unspecified atom stereocenters. The monoisotopic (exact) mass is 418 g/mol. The van der Waals surface area contributed by atoms with Crippen molar-refractivity contribution in [1.29, 1.82) is 0 Å². The molecule has 0 saturated heterocycles. The Hall–Kier alpha value is -3.55. The highest BCUT2D eigenvalue weighted by Gasteiger charge is 2.20. The van der Waals surface area contributed by atoms with Crippen LogP contribution in [0.4, 0.5) is 0 Å². The summed E-state index contributed by atoms with van der Waals surface area (Å²) in [4.78, 5) is 12.2. The van der Waals surface area contributed by atoms with E-state index in [9.17, 15) is 4.79 Å². The van der Waals surface area contributed by atoms with Crippen LogP contribution in [0, 0.1) is 0 Å². The zero-order chi connectivity index (χ0) is 22.3. The van der Waals surface area contributed by atoms with Crippen LogP contribution >= 0.6 is 0 Å². The molecule has 0 atom stereocenters. The summed E-state index contributed by atoms with van der Waals surface area (Å²) >= 11 is 0. The van der Waals surface area contributed by atoms with Gasteiger partial charge in [-0.05, 0) is 41.0 Å². The average Bonchev–Trinajstić information content (AvgIpc) is 2.79. The minimum Gasteiger partial charge on any atom is -0.493 e. The Morgan fingerprint density at radius 3 is 1.17 bits per heavy atom. The van der Waals surface area contributed by atoms with Gasteiger partial charge in [-0.3, -0.25) is 0 Å². The molecule has 0 aliphatic heterocycles. The largest absolute Gasteiger partial charge is 0.493 e. The summed E-state index contributed by atoms with van der Waals surface area (Å²) in [6, 6.07) is 6.94. The Kier molecular flexibility index (Phi) is 7.80. The first-order chi connectivity index (χ1) is 14.5. The van der Waals surface area contributed by atoms with Crippen LogP contribution in [0.1, 0.15) is 11.1 Å². The number of carbonyl (C=O) groups is 1. The number of ether oxygens (including phenoxy) is 7. The van der Waals surface area contributed by atoms with E-state index in [4.69, 9.17) is 33.2 Å². The van der Waals surface area contributed by atoms with Crippen molar-refractivity contribution in [1.82, 2.24) is 0 Å².